The van der Waals surface area contributed by atoms with Gasteiger partial charge in [-0.2, -0.15) is 0 Å². The van der Waals surface area contributed by atoms with Gasteiger partial charge in [-0.1, -0.05) is 35.9 Å². The second-order valence-electron chi connectivity index (χ2n) is 6.48. The highest BCUT2D eigenvalue weighted by Crippen LogP contribution is 2.24. The zero-order valence-corrected chi connectivity index (χ0v) is 17.0. The SMILES string of the molecule is Cc1ccc(-c2nc3cccnc3n2CCCNS(=O)(=O)c2cccs2)cc1. The number of benzene rings is 1. The fourth-order valence-corrected chi connectivity index (χ4v) is 5.14. The van der Waals surface area contributed by atoms with E-state index in [9.17, 15) is 8.42 Å². The maximum Gasteiger partial charge on any atom is 0.250 e. The van der Waals surface area contributed by atoms with Crippen molar-refractivity contribution < 1.29 is 8.42 Å². The molecule has 0 aliphatic heterocycles. The van der Waals surface area contributed by atoms with E-state index in [1.807, 2.05) is 31.2 Å². The average Bonchev–Trinajstić information content (AvgIpc) is 3.35. The lowest BCUT2D eigenvalue weighted by molar-refractivity contribution is 0.574. The number of rotatable bonds is 7. The van der Waals surface area contributed by atoms with E-state index in [2.05, 4.69) is 26.4 Å². The predicted octanol–water partition coefficient (Wildman–Crippen LogP) is 3.84. The second-order valence-corrected chi connectivity index (χ2v) is 9.42. The van der Waals surface area contributed by atoms with Crippen LogP contribution in [0.4, 0.5) is 0 Å². The van der Waals surface area contributed by atoms with Gasteiger partial charge in [0.25, 0.3) is 0 Å². The average molecular weight is 413 g/mol. The van der Waals surface area contributed by atoms with Gasteiger partial charge in [-0.25, -0.2) is 23.1 Å². The molecule has 3 aromatic heterocycles. The Balaban J connectivity index is 1.54. The zero-order chi connectivity index (χ0) is 19.6. The van der Waals surface area contributed by atoms with Crippen LogP contribution in [0.25, 0.3) is 22.6 Å². The monoisotopic (exact) mass is 412 g/mol. The largest absolute Gasteiger partial charge is 0.309 e. The highest BCUT2D eigenvalue weighted by atomic mass is 32.2. The number of pyridine rings is 1. The van der Waals surface area contributed by atoms with Crippen LogP contribution in [0, 0.1) is 6.92 Å². The van der Waals surface area contributed by atoms with E-state index in [0.717, 1.165) is 22.6 Å². The van der Waals surface area contributed by atoms with Gasteiger partial charge in [-0.3, -0.25) is 0 Å². The molecule has 1 N–H and O–H groups in total. The summed E-state index contributed by atoms with van der Waals surface area (Å²) in [5.74, 6) is 0.842. The van der Waals surface area contributed by atoms with Gasteiger partial charge < -0.3 is 4.57 Å². The second kappa shape index (κ2) is 7.83. The molecule has 0 unspecified atom stereocenters. The van der Waals surface area contributed by atoms with E-state index in [1.54, 1.807) is 23.7 Å². The van der Waals surface area contributed by atoms with E-state index in [-0.39, 0.29) is 0 Å². The van der Waals surface area contributed by atoms with Gasteiger partial charge in [-0.05, 0) is 36.9 Å². The first-order valence-electron chi connectivity index (χ1n) is 8.96. The van der Waals surface area contributed by atoms with Crippen LogP contribution in [0.5, 0.6) is 0 Å². The Hall–Kier alpha value is -2.55. The van der Waals surface area contributed by atoms with E-state index >= 15 is 0 Å². The lowest BCUT2D eigenvalue weighted by Crippen LogP contribution is -2.25. The van der Waals surface area contributed by atoms with Crippen LogP contribution < -0.4 is 4.72 Å². The first-order valence-corrected chi connectivity index (χ1v) is 11.3. The summed E-state index contributed by atoms with van der Waals surface area (Å²) in [6.07, 6.45) is 2.38. The summed E-state index contributed by atoms with van der Waals surface area (Å²) in [6, 6.07) is 15.4. The molecule has 0 saturated carbocycles. The normalized spacial score (nSPS) is 11.9. The molecule has 1 aromatic carbocycles. The molecule has 0 radical (unpaired) electrons. The fourth-order valence-electron chi connectivity index (χ4n) is 3.02. The van der Waals surface area contributed by atoms with Gasteiger partial charge >= 0.3 is 0 Å². The number of hydrogen-bond acceptors (Lipinski definition) is 5. The fraction of sp³-hybridized carbons (Fsp3) is 0.200. The van der Waals surface area contributed by atoms with Crippen LogP contribution in [-0.4, -0.2) is 29.5 Å². The minimum atomic E-state index is -3.44. The summed E-state index contributed by atoms with van der Waals surface area (Å²) in [4.78, 5) is 9.22. The van der Waals surface area contributed by atoms with Crippen LogP contribution in [-0.2, 0) is 16.6 Å². The molecule has 0 spiro atoms. The third-order valence-corrected chi connectivity index (χ3v) is 7.28. The van der Waals surface area contributed by atoms with Crippen molar-refractivity contribution in [2.45, 2.75) is 24.1 Å². The van der Waals surface area contributed by atoms with Crippen LogP contribution in [0.2, 0.25) is 0 Å². The summed E-state index contributed by atoms with van der Waals surface area (Å²) in [7, 11) is -3.44. The Morgan fingerprint density at radius 1 is 1.11 bits per heavy atom. The van der Waals surface area contributed by atoms with Crippen LogP contribution in [0.3, 0.4) is 0 Å². The highest BCUT2D eigenvalue weighted by Gasteiger charge is 2.16. The third-order valence-electron chi connectivity index (χ3n) is 4.42. The number of hydrogen-bond donors (Lipinski definition) is 1. The van der Waals surface area contributed by atoms with Crippen LogP contribution in [0.15, 0.2) is 64.3 Å². The van der Waals surface area contributed by atoms with Gasteiger partial charge in [0.15, 0.2) is 5.65 Å². The highest BCUT2D eigenvalue weighted by molar-refractivity contribution is 7.91. The Labute approximate surface area is 167 Å². The Morgan fingerprint density at radius 3 is 2.68 bits per heavy atom. The quantitative estimate of drug-likeness (QED) is 0.468. The van der Waals surface area contributed by atoms with Gasteiger partial charge in [0.1, 0.15) is 15.6 Å². The Bertz CT molecular complexity index is 1180. The molecule has 8 heteroatoms. The Kier molecular flexibility index (Phi) is 5.25. The molecule has 0 atom stereocenters. The summed E-state index contributed by atoms with van der Waals surface area (Å²) >= 11 is 1.21. The molecule has 0 fully saturated rings. The first kappa shape index (κ1) is 18.8. The molecule has 0 bridgehead atoms. The number of fused-ring (bicyclic) bond motifs is 1. The molecule has 4 aromatic rings. The summed E-state index contributed by atoms with van der Waals surface area (Å²) in [5, 5.41) is 1.76. The minimum Gasteiger partial charge on any atom is -0.309 e. The lowest BCUT2D eigenvalue weighted by atomic mass is 10.1. The van der Waals surface area contributed by atoms with Gasteiger partial charge in [0.2, 0.25) is 10.0 Å². The number of thiophene rings is 1. The number of imidazole rings is 1. The van der Waals surface area contributed by atoms with Crippen molar-refractivity contribution in [2.24, 2.45) is 0 Å². The van der Waals surface area contributed by atoms with E-state index < -0.39 is 10.0 Å². The van der Waals surface area contributed by atoms with Crippen molar-refractivity contribution in [3.05, 3.63) is 65.7 Å². The summed E-state index contributed by atoms with van der Waals surface area (Å²) in [6.45, 7) is 3.01. The molecule has 3 heterocycles. The van der Waals surface area contributed by atoms with Crippen molar-refractivity contribution >= 4 is 32.5 Å². The lowest BCUT2D eigenvalue weighted by Gasteiger charge is -2.10. The summed E-state index contributed by atoms with van der Waals surface area (Å²) < 4.78 is 29.6. The van der Waals surface area contributed by atoms with E-state index in [1.165, 1.54) is 16.9 Å². The number of aryl methyl sites for hydroxylation is 2. The van der Waals surface area contributed by atoms with Crippen molar-refractivity contribution in [1.82, 2.24) is 19.3 Å². The molecule has 6 nitrogen and oxygen atoms in total. The predicted molar refractivity (Wildman–Crippen MR) is 112 cm³/mol. The molecular weight excluding hydrogens is 392 g/mol. The smallest absolute Gasteiger partial charge is 0.250 e. The number of nitrogens with one attached hydrogen (secondary N) is 1. The van der Waals surface area contributed by atoms with Crippen molar-refractivity contribution in [3.63, 3.8) is 0 Å². The number of sulfonamides is 1. The zero-order valence-electron chi connectivity index (χ0n) is 15.4. The molecule has 28 heavy (non-hydrogen) atoms. The van der Waals surface area contributed by atoms with Gasteiger partial charge in [-0.15, -0.1) is 11.3 Å². The van der Waals surface area contributed by atoms with Crippen LogP contribution >= 0.6 is 11.3 Å². The molecule has 4 rings (SSSR count). The molecular formula is C20H20N4O2S2. The maximum atomic E-state index is 12.3. The standard InChI is InChI=1S/C20H20N4O2S2/c1-15-7-9-16(10-8-15)19-23-17-5-2-11-21-20(17)24(19)13-4-12-22-28(25,26)18-6-3-14-27-18/h2-3,5-11,14,22H,4,12-13H2,1H3. The van der Waals surface area contributed by atoms with Crippen molar-refractivity contribution in [3.8, 4) is 11.4 Å². The third kappa shape index (κ3) is 3.84. The van der Waals surface area contributed by atoms with Crippen molar-refractivity contribution in [2.75, 3.05) is 6.54 Å². The van der Waals surface area contributed by atoms with E-state index in [0.29, 0.717) is 23.7 Å². The van der Waals surface area contributed by atoms with Gasteiger partial charge in [0, 0.05) is 24.8 Å². The first-order chi connectivity index (χ1) is 13.5. The molecule has 0 saturated heterocycles. The molecule has 0 amide bonds. The molecule has 0 aliphatic rings. The van der Waals surface area contributed by atoms with Crippen LogP contribution in [0.1, 0.15) is 12.0 Å². The van der Waals surface area contributed by atoms with E-state index in [4.69, 9.17) is 4.98 Å². The topological polar surface area (TPSA) is 76.9 Å². The Morgan fingerprint density at radius 2 is 1.93 bits per heavy atom. The number of nitrogens with zero attached hydrogens (tertiary/aromatic N) is 3. The van der Waals surface area contributed by atoms with Gasteiger partial charge in [0.05, 0.1) is 0 Å². The van der Waals surface area contributed by atoms with Crippen molar-refractivity contribution in [1.29, 1.82) is 0 Å². The number of aromatic nitrogens is 3. The maximum absolute atomic E-state index is 12.3. The summed E-state index contributed by atoms with van der Waals surface area (Å²) in [5.41, 5.74) is 3.84. The molecule has 0 aliphatic carbocycles. The minimum absolute atomic E-state index is 0.336. The molecule has 144 valence electrons.